The van der Waals surface area contributed by atoms with Crippen molar-refractivity contribution < 1.29 is 0 Å². The van der Waals surface area contributed by atoms with Crippen LogP contribution in [-0.4, -0.2) is 39.3 Å². The average molecular weight is 363 g/mol. The molecule has 0 saturated carbocycles. The first-order valence-corrected chi connectivity index (χ1v) is 10.3. The van der Waals surface area contributed by atoms with E-state index in [2.05, 4.69) is 69.8 Å². The maximum absolute atomic E-state index is 3.64. The summed E-state index contributed by atoms with van der Waals surface area (Å²) < 4.78 is 0. The SMILES string of the molecule is c1cc2c3cc4cccc(c4cc3c1)NCCCNCCCNCCCN2. The van der Waals surface area contributed by atoms with Crippen molar-refractivity contribution in [3.63, 3.8) is 0 Å². The van der Waals surface area contributed by atoms with Crippen molar-refractivity contribution >= 4 is 32.9 Å². The summed E-state index contributed by atoms with van der Waals surface area (Å²) in [6.45, 7) is 6.28. The fraction of sp³-hybridized carbons (Fsp3) is 0.391. The highest BCUT2D eigenvalue weighted by atomic mass is 14.9. The van der Waals surface area contributed by atoms with Crippen molar-refractivity contribution in [2.24, 2.45) is 0 Å². The first-order chi connectivity index (χ1) is 13.4. The lowest BCUT2D eigenvalue weighted by Crippen LogP contribution is -2.25. The van der Waals surface area contributed by atoms with E-state index in [1.54, 1.807) is 0 Å². The third kappa shape index (κ3) is 4.52. The van der Waals surface area contributed by atoms with E-state index >= 15 is 0 Å². The van der Waals surface area contributed by atoms with Gasteiger partial charge in [0.15, 0.2) is 0 Å². The van der Waals surface area contributed by atoms with Crippen LogP contribution >= 0.6 is 0 Å². The Balaban J connectivity index is 1.65. The number of fused-ring (bicyclic) bond motifs is 12. The van der Waals surface area contributed by atoms with Crippen LogP contribution in [0.3, 0.4) is 0 Å². The standard InChI is InChI=1S/C23H30N4/c1-6-18-16-21-19-7-2-9-23(21)27-15-5-13-25-11-3-10-24-12-4-14-26-22(8-1)20(18)17-19/h1-2,6-9,16-17,24-27H,3-5,10-15H2. The maximum atomic E-state index is 3.64. The zero-order valence-electron chi connectivity index (χ0n) is 16.0. The molecular weight excluding hydrogens is 332 g/mol. The van der Waals surface area contributed by atoms with Crippen molar-refractivity contribution in [3.8, 4) is 0 Å². The maximum Gasteiger partial charge on any atom is 0.0420 e. The van der Waals surface area contributed by atoms with Crippen LogP contribution in [0.1, 0.15) is 19.3 Å². The molecular formula is C23H30N4. The predicted molar refractivity (Wildman–Crippen MR) is 118 cm³/mol. The van der Waals surface area contributed by atoms with Gasteiger partial charge in [0.05, 0.1) is 0 Å². The van der Waals surface area contributed by atoms with E-state index in [0.717, 1.165) is 52.1 Å². The van der Waals surface area contributed by atoms with Gasteiger partial charge in [-0.05, 0) is 80.5 Å². The molecule has 0 saturated heterocycles. The monoisotopic (exact) mass is 362 g/mol. The highest BCUT2D eigenvalue weighted by Crippen LogP contribution is 2.32. The third-order valence-electron chi connectivity index (χ3n) is 5.28. The number of hydrogen-bond acceptors (Lipinski definition) is 4. The van der Waals surface area contributed by atoms with Crippen molar-refractivity contribution in [3.05, 3.63) is 48.5 Å². The minimum absolute atomic E-state index is 0.990. The molecule has 0 aliphatic carbocycles. The number of nitrogens with one attached hydrogen (secondary N) is 4. The lowest BCUT2D eigenvalue weighted by molar-refractivity contribution is 0.583. The molecule has 2 aliphatic heterocycles. The third-order valence-corrected chi connectivity index (χ3v) is 5.28. The molecule has 2 aliphatic rings. The molecule has 0 unspecified atom stereocenters. The average Bonchev–Trinajstić information content (AvgIpc) is 2.69. The second-order valence-corrected chi connectivity index (χ2v) is 7.32. The number of hydrogen-bond donors (Lipinski definition) is 4. The molecule has 3 aromatic rings. The van der Waals surface area contributed by atoms with E-state index < -0.39 is 0 Å². The summed E-state index contributed by atoms with van der Waals surface area (Å²) in [5, 5.41) is 19.5. The van der Waals surface area contributed by atoms with Gasteiger partial charge in [-0.3, -0.25) is 0 Å². The summed E-state index contributed by atoms with van der Waals surface area (Å²) in [4.78, 5) is 0. The van der Waals surface area contributed by atoms with Crippen molar-refractivity contribution in [1.29, 1.82) is 0 Å². The topological polar surface area (TPSA) is 48.1 Å². The van der Waals surface area contributed by atoms with Crippen molar-refractivity contribution in [2.75, 3.05) is 49.9 Å². The van der Waals surface area contributed by atoms with Gasteiger partial charge in [0.1, 0.15) is 0 Å². The largest absolute Gasteiger partial charge is 0.384 e. The Kier molecular flexibility index (Phi) is 6.07. The zero-order chi connectivity index (χ0) is 18.3. The lowest BCUT2D eigenvalue weighted by atomic mass is 10.0. The highest BCUT2D eigenvalue weighted by molar-refractivity contribution is 6.07. The fourth-order valence-corrected chi connectivity index (χ4v) is 3.82. The van der Waals surface area contributed by atoms with E-state index in [1.807, 2.05) is 0 Å². The Morgan fingerprint density at radius 1 is 0.519 bits per heavy atom. The van der Waals surface area contributed by atoms with Gasteiger partial charge >= 0.3 is 0 Å². The summed E-state index contributed by atoms with van der Waals surface area (Å²) in [5.74, 6) is 0. The number of benzene rings is 3. The number of anilines is 2. The van der Waals surface area contributed by atoms with Crippen molar-refractivity contribution in [2.45, 2.75) is 19.3 Å². The molecule has 4 nitrogen and oxygen atoms in total. The highest BCUT2D eigenvalue weighted by Gasteiger charge is 2.06. The molecule has 4 heteroatoms. The van der Waals surface area contributed by atoms with Crippen LogP contribution in [0.4, 0.5) is 11.4 Å². The smallest absolute Gasteiger partial charge is 0.0420 e. The Labute approximate surface area is 161 Å². The van der Waals surface area contributed by atoms with Crippen LogP contribution < -0.4 is 21.3 Å². The van der Waals surface area contributed by atoms with Crippen LogP contribution in [0.15, 0.2) is 48.5 Å². The van der Waals surface area contributed by atoms with Gasteiger partial charge in [-0.25, -0.2) is 0 Å². The normalized spacial score (nSPS) is 17.3. The molecule has 142 valence electrons. The van der Waals surface area contributed by atoms with Crippen LogP contribution in [0.25, 0.3) is 21.5 Å². The summed E-state index contributed by atoms with van der Waals surface area (Å²) in [6, 6.07) is 17.8. The van der Waals surface area contributed by atoms with E-state index in [4.69, 9.17) is 0 Å². The van der Waals surface area contributed by atoms with Gasteiger partial charge in [-0.1, -0.05) is 24.3 Å². The quantitative estimate of drug-likeness (QED) is 0.453. The molecule has 2 heterocycles. The summed E-state index contributed by atoms with van der Waals surface area (Å²) >= 11 is 0. The van der Waals surface area contributed by atoms with Crippen molar-refractivity contribution in [1.82, 2.24) is 10.6 Å². The van der Waals surface area contributed by atoms with Gasteiger partial charge in [-0.2, -0.15) is 0 Å². The minimum Gasteiger partial charge on any atom is -0.384 e. The molecule has 3 aromatic carbocycles. The number of rotatable bonds is 0. The molecule has 0 amide bonds. The van der Waals surface area contributed by atoms with E-state index in [0.29, 0.717) is 0 Å². The second kappa shape index (κ2) is 9.07. The Bertz CT molecular complexity index is 817. The molecule has 0 radical (unpaired) electrons. The Morgan fingerprint density at radius 2 is 0.963 bits per heavy atom. The first kappa shape index (κ1) is 18.1. The summed E-state index contributed by atoms with van der Waals surface area (Å²) in [7, 11) is 0. The van der Waals surface area contributed by atoms with Gasteiger partial charge in [-0.15, -0.1) is 0 Å². The van der Waals surface area contributed by atoms with Crippen LogP contribution in [0.2, 0.25) is 0 Å². The lowest BCUT2D eigenvalue weighted by Gasteiger charge is -2.13. The molecule has 27 heavy (non-hydrogen) atoms. The van der Waals surface area contributed by atoms with Gasteiger partial charge in [0.25, 0.3) is 0 Å². The molecule has 5 rings (SSSR count). The van der Waals surface area contributed by atoms with E-state index in [1.165, 1.54) is 39.3 Å². The summed E-state index contributed by atoms with van der Waals surface area (Å²) in [6.07, 6.45) is 3.44. The minimum atomic E-state index is 0.990. The van der Waals surface area contributed by atoms with Gasteiger partial charge in [0.2, 0.25) is 0 Å². The van der Waals surface area contributed by atoms with Gasteiger partial charge in [0, 0.05) is 35.2 Å². The summed E-state index contributed by atoms with van der Waals surface area (Å²) in [5.41, 5.74) is 2.46. The van der Waals surface area contributed by atoms with Crippen LogP contribution in [-0.2, 0) is 0 Å². The van der Waals surface area contributed by atoms with Crippen LogP contribution in [0.5, 0.6) is 0 Å². The molecule has 4 N–H and O–H groups in total. The fourth-order valence-electron chi connectivity index (χ4n) is 3.82. The molecule has 0 atom stereocenters. The van der Waals surface area contributed by atoms with Gasteiger partial charge < -0.3 is 21.3 Å². The van der Waals surface area contributed by atoms with Crippen LogP contribution in [0, 0.1) is 0 Å². The predicted octanol–water partition coefficient (Wildman–Crippen LogP) is 4.18. The molecule has 0 aromatic heterocycles. The molecule has 0 fully saturated rings. The van der Waals surface area contributed by atoms with E-state index in [9.17, 15) is 0 Å². The second-order valence-electron chi connectivity index (χ2n) is 7.32. The Morgan fingerprint density at radius 3 is 1.44 bits per heavy atom. The molecule has 6 bridgehead atoms. The first-order valence-electron chi connectivity index (χ1n) is 10.3. The zero-order valence-corrected chi connectivity index (χ0v) is 16.0. The molecule has 0 spiro atoms. The Hall–Kier alpha value is -2.30. The van der Waals surface area contributed by atoms with E-state index in [-0.39, 0.29) is 0 Å².